The average Bonchev–Trinajstić information content (AvgIpc) is 2.93. The van der Waals surface area contributed by atoms with E-state index in [1.807, 2.05) is 58.9 Å². The lowest BCUT2D eigenvalue weighted by molar-refractivity contribution is -0.140. The molecule has 0 spiro atoms. The molecule has 7 nitrogen and oxygen atoms in total. The maximum absolute atomic E-state index is 14.1. The van der Waals surface area contributed by atoms with Gasteiger partial charge in [-0.25, -0.2) is 8.42 Å². The van der Waals surface area contributed by atoms with Crippen molar-refractivity contribution >= 4 is 50.7 Å². The highest BCUT2D eigenvalue weighted by Crippen LogP contribution is 2.33. The summed E-state index contributed by atoms with van der Waals surface area (Å²) in [5, 5.41) is 3.30. The summed E-state index contributed by atoms with van der Waals surface area (Å²) in [6.07, 6.45) is 0.337. The Labute approximate surface area is 253 Å². The van der Waals surface area contributed by atoms with E-state index in [1.165, 1.54) is 29.2 Å². The number of nitrogens with one attached hydrogen (secondary N) is 1. The first kappa shape index (κ1) is 32.4. The highest BCUT2D eigenvalue weighted by atomic mass is 35.5. The second-order valence-electron chi connectivity index (χ2n) is 10.5. The van der Waals surface area contributed by atoms with Gasteiger partial charge in [0.1, 0.15) is 12.6 Å². The molecule has 0 fully saturated rings. The van der Waals surface area contributed by atoms with Gasteiger partial charge in [0, 0.05) is 18.1 Å². The maximum Gasteiger partial charge on any atom is 0.264 e. The molecule has 1 atom stereocenters. The molecule has 0 saturated heterocycles. The molecule has 41 heavy (non-hydrogen) atoms. The van der Waals surface area contributed by atoms with Crippen LogP contribution in [0.4, 0.5) is 5.69 Å². The minimum Gasteiger partial charge on any atom is -0.354 e. The fourth-order valence-corrected chi connectivity index (χ4v) is 6.12. The SMILES string of the molecule is CC[C@@H](C(=O)NCC(C)C)N(Cc1ccc(C)cc1)C(=O)CN(c1cc(Cl)ccc1Cl)S(=O)(=O)c1ccc(C)cc1. The van der Waals surface area contributed by atoms with E-state index in [9.17, 15) is 18.0 Å². The Kier molecular flexibility index (Phi) is 11.2. The third-order valence-electron chi connectivity index (χ3n) is 6.61. The van der Waals surface area contributed by atoms with Gasteiger partial charge >= 0.3 is 0 Å². The zero-order valence-corrected chi connectivity index (χ0v) is 26.4. The van der Waals surface area contributed by atoms with Crippen LogP contribution in [0.25, 0.3) is 0 Å². The van der Waals surface area contributed by atoms with E-state index in [-0.39, 0.29) is 39.0 Å². The van der Waals surface area contributed by atoms with E-state index in [0.29, 0.717) is 13.0 Å². The molecule has 2 amide bonds. The highest BCUT2D eigenvalue weighted by Gasteiger charge is 2.34. The molecule has 0 heterocycles. The van der Waals surface area contributed by atoms with E-state index in [0.717, 1.165) is 21.0 Å². The first-order valence-electron chi connectivity index (χ1n) is 13.5. The predicted molar refractivity (Wildman–Crippen MR) is 166 cm³/mol. The van der Waals surface area contributed by atoms with Crippen LogP contribution in [-0.2, 0) is 26.2 Å². The van der Waals surface area contributed by atoms with Gasteiger partial charge in [0.2, 0.25) is 11.8 Å². The van der Waals surface area contributed by atoms with E-state index in [1.54, 1.807) is 18.2 Å². The molecule has 1 N–H and O–H groups in total. The number of amides is 2. The van der Waals surface area contributed by atoms with E-state index >= 15 is 0 Å². The van der Waals surface area contributed by atoms with E-state index in [4.69, 9.17) is 23.2 Å². The summed E-state index contributed by atoms with van der Waals surface area (Å²) in [7, 11) is -4.25. The number of benzene rings is 3. The minimum atomic E-state index is -4.25. The fourth-order valence-electron chi connectivity index (χ4n) is 4.26. The number of anilines is 1. The molecule has 0 saturated carbocycles. The minimum absolute atomic E-state index is 0.00116. The highest BCUT2D eigenvalue weighted by molar-refractivity contribution is 7.92. The smallest absolute Gasteiger partial charge is 0.264 e. The van der Waals surface area contributed by atoms with Crippen molar-refractivity contribution in [2.75, 3.05) is 17.4 Å². The number of halogens is 2. The molecule has 0 aliphatic carbocycles. The van der Waals surface area contributed by atoms with Crippen molar-refractivity contribution in [1.82, 2.24) is 10.2 Å². The summed E-state index contributed by atoms with van der Waals surface area (Å²) in [5.74, 6) is -0.628. The Morgan fingerprint density at radius 3 is 2.05 bits per heavy atom. The number of rotatable bonds is 12. The van der Waals surface area contributed by atoms with Gasteiger partial charge in [-0.1, -0.05) is 91.5 Å². The van der Waals surface area contributed by atoms with Crippen LogP contribution < -0.4 is 9.62 Å². The first-order valence-corrected chi connectivity index (χ1v) is 15.7. The van der Waals surface area contributed by atoms with Gasteiger partial charge < -0.3 is 10.2 Å². The molecule has 0 radical (unpaired) electrons. The van der Waals surface area contributed by atoms with Crippen molar-refractivity contribution in [3.05, 3.63) is 93.5 Å². The molecule has 0 aliphatic heterocycles. The molecular formula is C31H37Cl2N3O4S. The van der Waals surface area contributed by atoms with Gasteiger partial charge in [0.25, 0.3) is 10.0 Å². The molecule has 3 aromatic carbocycles. The lowest BCUT2D eigenvalue weighted by atomic mass is 10.1. The molecule has 10 heteroatoms. The largest absolute Gasteiger partial charge is 0.354 e. The number of nitrogens with zero attached hydrogens (tertiary/aromatic N) is 2. The maximum atomic E-state index is 14.1. The second-order valence-corrected chi connectivity index (χ2v) is 13.2. The van der Waals surface area contributed by atoms with Crippen molar-refractivity contribution in [2.24, 2.45) is 5.92 Å². The molecule has 0 aliphatic rings. The van der Waals surface area contributed by atoms with Crippen LogP contribution in [0.2, 0.25) is 10.0 Å². The molecular weight excluding hydrogens is 581 g/mol. The average molecular weight is 619 g/mol. The van der Waals surface area contributed by atoms with Crippen LogP contribution in [0.5, 0.6) is 0 Å². The fraction of sp³-hybridized carbons (Fsp3) is 0.355. The zero-order valence-electron chi connectivity index (χ0n) is 24.0. The number of hydrogen-bond donors (Lipinski definition) is 1. The van der Waals surface area contributed by atoms with Gasteiger partial charge in [-0.3, -0.25) is 13.9 Å². The molecule has 0 unspecified atom stereocenters. The van der Waals surface area contributed by atoms with Gasteiger partial charge in [-0.2, -0.15) is 0 Å². The molecule has 0 bridgehead atoms. The van der Waals surface area contributed by atoms with Crippen LogP contribution >= 0.6 is 23.2 Å². The topological polar surface area (TPSA) is 86.8 Å². The lowest BCUT2D eigenvalue weighted by Crippen LogP contribution is -2.52. The van der Waals surface area contributed by atoms with Gasteiger partial charge in [-0.05, 0) is 62.1 Å². The Hall–Kier alpha value is -3.07. The van der Waals surface area contributed by atoms with Crippen LogP contribution in [-0.4, -0.2) is 44.3 Å². The first-order chi connectivity index (χ1) is 19.3. The normalized spacial score (nSPS) is 12.2. The van der Waals surface area contributed by atoms with Crippen molar-refractivity contribution in [1.29, 1.82) is 0 Å². The van der Waals surface area contributed by atoms with Crippen LogP contribution in [0.1, 0.15) is 43.9 Å². The molecule has 0 aromatic heterocycles. The van der Waals surface area contributed by atoms with Crippen molar-refractivity contribution in [3.8, 4) is 0 Å². The van der Waals surface area contributed by atoms with Crippen LogP contribution in [0.3, 0.4) is 0 Å². The molecule has 220 valence electrons. The lowest BCUT2D eigenvalue weighted by Gasteiger charge is -2.33. The quantitative estimate of drug-likeness (QED) is 0.255. The summed E-state index contributed by atoms with van der Waals surface area (Å²) in [6, 6.07) is 17.6. The van der Waals surface area contributed by atoms with Gasteiger partial charge in [0.05, 0.1) is 15.6 Å². The summed E-state index contributed by atoms with van der Waals surface area (Å²) >= 11 is 12.7. The number of carbonyl (C=O) groups excluding carboxylic acids is 2. The third-order valence-corrected chi connectivity index (χ3v) is 8.94. The summed E-state index contributed by atoms with van der Waals surface area (Å²) in [4.78, 5) is 28.9. The van der Waals surface area contributed by atoms with Crippen molar-refractivity contribution in [3.63, 3.8) is 0 Å². The van der Waals surface area contributed by atoms with Crippen molar-refractivity contribution < 1.29 is 18.0 Å². The number of carbonyl (C=O) groups is 2. The number of sulfonamides is 1. The second kappa shape index (κ2) is 14.2. The molecule has 3 aromatic rings. The summed E-state index contributed by atoms with van der Waals surface area (Å²) < 4.78 is 28.9. The Morgan fingerprint density at radius 1 is 0.902 bits per heavy atom. The predicted octanol–water partition coefficient (Wildman–Crippen LogP) is 6.39. The number of aryl methyl sites for hydroxylation is 2. The van der Waals surface area contributed by atoms with E-state index < -0.39 is 28.5 Å². The Morgan fingerprint density at radius 2 is 1.49 bits per heavy atom. The van der Waals surface area contributed by atoms with Gasteiger partial charge in [0.15, 0.2) is 0 Å². The third kappa shape index (κ3) is 8.47. The van der Waals surface area contributed by atoms with Crippen LogP contribution in [0, 0.1) is 19.8 Å². The van der Waals surface area contributed by atoms with E-state index in [2.05, 4.69) is 5.32 Å². The Balaban J connectivity index is 2.08. The Bertz CT molecular complexity index is 1460. The zero-order chi connectivity index (χ0) is 30.3. The standard InChI is InChI=1S/C31H37Cl2N3O4S/c1-6-28(31(38)34-18-21(2)3)35(19-24-11-7-22(4)8-12-24)30(37)20-36(29-17-25(32)13-16-27(29)33)41(39,40)26-14-9-23(5)10-15-26/h7-17,21,28H,6,18-20H2,1-5H3,(H,34,38)/t28-/m0/s1. The number of hydrogen-bond acceptors (Lipinski definition) is 4. The summed E-state index contributed by atoms with van der Waals surface area (Å²) in [5.41, 5.74) is 2.82. The van der Waals surface area contributed by atoms with Crippen molar-refractivity contribution in [2.45, 2.75) is 58.5 Å². The molecule has 3 rings (SSSR count). The van der Waals surface area contributed by atoms with Gasteiger partial charge in [-0.15, -0.1) is 0 Å². The monoisotopic (exact) mass is 617 g/mol. The van der Waals surface area contributed by atoms with Crippen LogP contribution in [0.15, 0.2) is 71.6 Å². The summed E-state index contributed by atoms with van der Waals surface area (Å²) in [6.45, 7) is 9.59.